The first-order valence-electron chi connectivity index (χ1n) is 9.00. The van der Waals surface area contributed by atoms with E-state index in [9.17, 15) is 4.39 Å². The van der Waals surface area contributed by atoms with E-state index < -0.39 is 5.29 Å². The highest BCUT2D eigenvalue weighted by Crippen LogP contribution is 2.37. The minimum absolute atomic E-state index is 0.0376. The lowest BCUT2D eigenvalue weighted by Gasteiger charge is -2.13. The van der Waals surface area contributed by atoms with Crippen LogP contribution in [0, 0.1) is 0 Å². The molecule has 0 spiro atoms. The number of hydrogen-bond acceptors (Lipinski definition) is 4. The predicted octanol–water partition coefficient (Wildman–Crippen LogP) is 7.06. The zero-order valence-corrected chi connectivity index (χ0v) is 18.4. The van der Waals surface area contributed by atoms with Gasteiger partial charge in [0.1, 0.15) is 23.9 Å². The third kappa shape index (κ3) is 8.60. The van der Waals surface area contributed by atoms with Gasteiger partial charge in [-0.1, -0.05) is 34.8 Å². The van der Waals surface area contributed by atoms with Gasteiger partial charge in [0.15, 0.2) is 11.0 Å². The summed E-state index contributed by atoms with van der Waals surface area (Å²) >= 11 is 17.5. The van der Waals surface area contributed by atoms with Crippen LogP contribution in [0.15, 0.2) is 47.8 Å². The van der Waals surface area contributed by atoms with Crippen LogP contribution in [0.4, 0.5) is 4.39 Å². The summed E-state index contributed by atoms with van der Waals surface area (Å²) in [5, 5.41) is -0.252. The van der Waals surface area contributed by atoms with Gasteiger partial charge >= 0.3 is 0 Å². The van der Waals surface area contributed by atoms with Crippen molar-refractivity contribution in [3.05, 3.63) is 57.8 Å². The maximum Gasteiger partial charge on any atom is 0.188 e. The van der Waals surface area contributed by atoms with E-state index >= 15 is 0 Å². The average Bonchev–Trinajstić information content (AvgIpc) is 2.64. The highest BCUT2D eigenvalue weighted by atomic mass is 35.5. The van der Waals surface area contributed by atoms with Crippen LogP contribution in [-0.2, 0) is 0 Å². The molecule has 0 heterocycles. The average molecular weight is 464 g/mol. The monoisotopic (exact) mass is 462 g/mol. The molecule has 0 atom stereocenters. The molecule has 2 aromatic rings. The Hall–Kier alpha value is -1.82. The van der Waals surface area contributed by atoms with E-state index in [1.165, 1.54) is 0 Å². The Morgan fingerprint density at radius 3 is 2.10 bits per heavy atom. The first kappa shape index (κ1) is 23.5. The van der Waals surface area contributed by atoms with Crippen molar-refractivity contribution >= 4 is 34.8 Å². The molecule has 0 amide bonds. The summed E-state index contributed by atoms with van der Waals surface area (Å²) in [6.45, 7) is 4.75. The maximum absolute atomic E-state index is 12.5. The standard InChI is InChI=1S/C21H22Cl3FO4/c1-14(2)29-16-6-4-15(5-7-16)26-9-3-10-28-21-18(22)12-17(13-19(21)23)27-11-8-20(24)25/h4-8,12-14H,3,9-11H2,1-2H3/b20-8+. The highest BCUT2D eigenvalue weighted by molar-refractivity contribution is 6.37. The molecule has 29 heavy (non-hydrogen) atoms. The van der Waals surface area contributed by atoms with Gasteiger partial charge in [-0.05, 0) is 38.1 Å². The zero-order chi connectivity index (χ0) is 21.2. The van der Waals surface area contributed by atoms with Gasteiger partial charge in [0.25, 0.3) is 0 Å². The van der Waals surface area contributed by atoms with E-state index in [1.54, 1.807) is 12.1 Å². The summed E-state index contributed by atoms with van der Waals surface area (Å²) in [4.78, 5) is 0. The number of rotatable bonds is 11. The number of ether oxygens (including phenoxy) is 4. The molecule has 0 radical (unpaired) electrons. The first-order valence-corrected chi connectivity index (χ1v) is 10.1. The van der Waals surface area contributed by atoms with Gasteiger partial charge in [-0.2, -0.15) is 4.39 Å². The van der Waals surface area contributed by atoms with Crippen molar-refractivity contribution < 1.29 is 23.3 Å². The Bertz CT molecular complexity index is 783. The van der Waals surface area contributed by atoms with Crippen molar-refractivity contribution in [2.24, 2.45) is 0 Å². The van der Waals surface area contributed by atoms with Crippen LogP contribution >= 0.6 is 34.8 Å². The van der Waals surface area contributed by atoms with E-state index in [1.807, 2.05) is 38.1 Å². The van der Waals surface area contributed by atoms with Crippen LogP contribution in [0.5, 0.6) is 23.0 Å². The van der Waals surface area contributed by atoms with Crippen LogP contribution < -0.4 is 18.9 Å². The lowest BCUT2D eigenvalue weighted by Crippen LogP contribution is -2.06. The Morgan fingerprint density at radius 1 is 0.931 bits per heavy atom. The molecule has 0 aliphatic heterocycles. The van der Waals surface area contributed by atoms with Crippen LogP contribution in [0.3, 0.4) is 0 Å². The number of hydrogen-bond donors (Lipinski definition) is 0. The summed E-state index contributed by atoms with van der Waals surface area (Å²) < 4.78 is 34.7. The molecule has 0 saturated heterocycles. The molecule has 0 aromatic heterocycles. The van der Waals surface area contributed by atoms with Gasteiger partial charge in [0.2, 0.25) is 0 Å². The second kappa shape index (κ2) is 12.0. The quantitative estimate of drug-likeness (QED) is 0.334. The fraction of sp³-hybridized carbons (Fsp3) is 0.333. The van der Waals surface area contributed by atoms with Gasteiger partial charge in [-0.25, -0.2) is 0 Å². The summed E-state index contributed by atoms with van der Waals surface area (Å²) in [5.41, 5.74) is 0. The van der Waals surface area contributed by atoms with Gasteiger partial charge in [-0.15, -0.1) is 0 Å². The van der Waals surface area contributed by atoms with Crippen LogP contribution in [0.1, 0.15) is 20.3 Å². The molecule has 2 rings (SSSR count). The molecular weight excluding hydrogens is 442 g/mol. The van der Waals surface area contributed by atoms with Gasteiger partial charge in [-0.3, -0.25) is 0 Å². The Morgan fingerprint density at radius 2 is 1.52 bits per heavy atom. The Kier molecular flexibility index (Phi) is 9.71. The molecule has 0 unspecified atom stereocenters. The molecule has 0 fully saturated rings. The fourth-order valence-corrected chi connectivity index (χ4v) is 2.91. The van der Waals surface area contributed by atoms with E-state index in [0.29, 0.717) is 41.2 Å². The zero-order valence-electron chi connectivity index (χ0n) is 16.1. The van der Waals surface area contributed by atoms with Gasteiger partial charge in [0, 0.05) is 24.6 Å². The molecule has 0 saturated carbocycles. The fourth-order valence-electron chi connectivity index (χ4n) is 2.27. The van der Waals surface area contributed by atoms with Gasteiger partial charge in [0.05, 0.1) is 29.4 Å². The summed E-state index contributed by atoms with van der Waals surface area (Å²) in [7, 11) is 0. The summed E-state index contributed by atoms with van der Waals surface area (Å²) in [6, 6.07) is 10.5. The molecule has 8 heteroatoms. The van der Waals surface area contributed by atoms with E-state index in [-0.39, 0.29) is 12.7 Å². The van der Waals surface area contributed by atoms with Crippen molar-refractivity contribution in [2.75, 3.05) is 19.8 Å². The SMILES string of the molecule is CC(C)Oc1ccc(OCCCOc2c(Cl)cc(OC/C=C(/F)Cl)cc2Cl)cc1. The van der Waals surface area contributed by atoms with Crippen LogP contribution in [0.25, 0.3) is 0 Å². The van der Waals surface area contributed by atoms with Gasteiger partial charge < -0.3 is 18.9 Å². The van der Waals surface area contributed by atoms with Crippen molar-refractivity contribution in [2.45, 2.75) is 26.4 Å². The second-order valence-electron chi connectivity index (χ2n) is 6.21. The van der Waals surface area contributed by atoms with Crippen LogP contribution in [0.2, 0.25) is 10.0 Å². The van der Waals surface area contributed by atoms with E-state index in [0.717, 1.165) is 17.6 Å². The topological polar surface area (TPSA) is 36.9 Å². The molecule has 0 aliphatic carbocycles. The van der Waals surface area contributed by atoms with Crippen molar-refractivity contribution in [3.8, 4) is 23.0 Å². The number of benzene rings is 2. The largest absolute Gasteiger partial charge is 0.493 e. The molecule has 0 N–H and O–H groups in total. The molecule has 2 aromatic carbocycles. The number of halogens is 4. The molecule has 0 aliphatic rings. The Balaban J connectivity index is 1.76. The second-order valence-corrected chi connectivity index (χ2v) is 7.38. The molecular formula is C21H22Cl3FO4. The molecule has 4 nitrogen and oxygen atoms in total. The summed E-state index contributed by atoms with van der Waals surface area (Å²) in [5.74, 6) is 2.29. The predicted molar refractivity (Wildman–Crippen MR) is 115 cm³/mol. The van der Waals surface area contributed by atoms with E-state index in [2.05, 4.69) is 0 Å². The minimum atomic E-state index is -0.843. The van der Waals surface area contributed by atoms with Crippen molar-refractivity contribution in [3.63, 3.8) is 0 Å². The normalized spacial score (nSPS) is 11.5. The highest BCUT2D eigenvalue weighted by Gasteiger charge is 2.11. The lowest BCUT2D eigenvalue weighted by molar-refractivity contribution is 0.239. The minimum Gasteiger partial charge on any atom is -0.493 e. The third-order valence-corrected chi connectivity index (χ3v) is 4.17. The van der Waals surface area contributed by atoms with Crippen molar-refractivity contribution in [1.82, 2.24) is 0 Å². The van der Waals surface area contributed by atoms with Crippen LogP contribution in [-0.4, -0.2) is 25.9 Å². The molecule has 0 bridgehead atoms. The molecule has 158 valence electrons. The Labute approximate surface area is 185 Å². The maximum atomic E-state index is 12.5. The lowest BCUT2D eigenvalue weighted by atomic mass is 10.3. The third-order valence-electron chi connectivity index (χ3n) is 3.46. The first-order chi connectivity index (χ1) is 13.8. The summed E-state index contributed by atoms with van der Waals surface area (Å²) in [6.07, 6.45) is 1.84. The van der Waals surface area contributed by atoms with E-state index in [4.69, 9.17) is 53.8 Å². The smallest absolute Gasteiger partial charge is 0.188 e. The van der Waals surface area contributed by atoms with Crippen molar-refractivity contribution in [1.29, 1.82) is 0 Å².